The van der Waals surface area contributed by atoms with Gasteiger partial charge in [0.1, 0.15) is 6.04 Å². The van der Waals surface area contributed by atoms with Gasteiger partial charge in [-0.1, -0.05) is 13.3 Å². The van der Waals surface area contributed by atoms with Gasteiger partial charge in [-0.3, -0.25) is 9.59 Å². The summed E-state index contributed by atoms with van der Waals surface area (Å²) >= 11 is 0. The van der Waals surface area contributed by atoms with Crippen LogP contribution in [0.1, 0.15) is 58.3 Å². The van der Waals surface area contributed by atoms with E-state index in [2.05, 4.69) is 12.2 Å². The fourth-order valence-corrected chi connectivity index (χ4v) is 3.79. The third-order valence-corrected chi connectivity index (χ3v) is 5.37. The molecule has 0 spiro atoms. The van der Waals surface area contributed by atoms with Crippen LogP contribution in [0.25, 0.3) is 0 Å². The van der Waals surface area contributed by atoms with E-state index in [1.54, 1.807) is 0 Å². The third kappa shape index (κ3) is 2.84. The highest BCUT2D eigenvalue weighted by molar-refractivity contribution is 5.90. The van der Waals surface area contributed by atoms with E-state index in [1.165, 1.54) is 19.3 Å². The predicted octanol–water partition coefficient (Wildman–Crippen LogP) is 2.08. The van der Waals surface area contributed by atoms with Crippen LogP contribution < -0.4 is 5.32 Å². The van der Waals surface area contributed by atoms with E-state index in [0.717, 1.165) is 31.6 Å². The standard InChI is InChI=1S/C16H26N2O2/c1-2-11-3-7-13(8-4-11)18-10-9-14(19)17-15(16(18)20)12-5-6-12/h11-13,15H,2-10H2,1H3,(H,17,19). The van der Waals surface area contributed by atoms with Crippen molar-refractivity contribution >= 4 is 11.8 Å². The van der Waals surface area contributed by atoms with Crippen LogP contribution in [0.2, 0.25) is 0 Å². The average molecular weight is 278 g/mol. The topological polar surface area (TPSA) is 49.4 Å². The summed E-state index contributed by atoms with van der Waals surface area (Å²) in [7, 11) is 0. The first kappa shape index (κ1) is 13.9. The summed E-state index contributed by atoms with van der Waals surface area (Å²) in [6.07, 6.45) is 8.63. The van der Waals surface area contributed by atoms with Gasteiger partial charge in [0.15, 0.2) is 0 Å². The second-order valence-corrected chi connectivity index (χ2v) is 6.75. The van der Waals surface area contributed by atoms with E-state index in [-0.39, 0.29) is 17.9 Å². The molecule has 112 valence electrons. The highest BCUT2D eigenvalue weighted by Crippen LogP contribution is 2.36. The zero-order chi connectivity index (χ0) is 14.1. The van der Waals surface area contributed by atoms with Gasteiger partial charge in [-0.05, 0) is 50.4 Å². The van der Waals surface area contributed by atoms with Gasteiger partial charge >= 0.3 is 0 Å². The Labute approximate surface area is 121 Å². The van der Waals surface area contributed by atoms with Gasteiger partial charge in [-0.2, -0.15) is 0 Å². The summed E-state index contributed by atoms with van der Waals surface area (Å²) in [5, 5.41) is 2.95. The highest BCUT2D eigenvalue weighted by atomic mass is 16.2. The largest absolute Gasteiger partial charge is 0.344 e. The molecule has 3 rings (SSSR count). The summed E-state index contributed by atoms with van der Waals surface area (Å²) in [5.41, 5.74) is 0. The van der Waals surface area contributed by atoms with Crippen molar-refractivity contribution in [1.82, 2.24) is 10.2 Å². The van der Waals surface area contributed by atoms with Crippen molar-refractivity contribution in [2.45, 2.75) is 70.4 Å². The predicted molar refractivity (Wildman–Crippen MR) is 77.0 cm³/mol. The van der Waals surface area contributed by atoms with Crippen LogP contribution in [0.4, 0.5) is 0 Å². The van der Waals surface area contributed by atoms with Crippen LogP contribution in [0, 0.1) is 11.8 Å². The van der Waals surface area contributed by atoms with Crippen LogP contribution in [0.3, 0.4) is 0 Å². The molecule has 2 amide bonds. The molecule has 0 aromatic rings. The number of hydrogen-bond donors (Lipinski definition) is 1. The van der Waals surface area contributed by atoms with E-state index >= 15 is 0 Å². The molecule has 2 aliphatic carbocycles. The van der Waals surface area contributed by atoms with E-state index in [0.29, 0.717) is 24.9 Å². The molecule has 1 aliphatic heterocycles. The number of carbonyl (C=O) groups excluding carboxylic acids is 2. The lowest BCUT2D eigenvalue weighted by molar-refractivity contribution is -0.136. The minimum Gasteiger partial charge on any atom is -0.344 e. The summed E-state index contributed by atoms with van der Waals surface area (Å²) < 4.78 is 0. The van der Waals surface area contributed by atoms with Crippen molar-refractivity contribution in [1.29, 1.82) is 0 Å². The van der Waals surface area contributed by atoms with Crippen molar-refractivity contribution < 1.29 is 9.59 Å². The minimum absolute atomic E-state index is 0.0556. The van der Waals surface area contributed by atoms with Gasteiger partial charge in [0, 0.05) is 19.0 Å². The maximum atomic E-state index is 12.7. The van der Waals surface area contributed by atoms with Crippen molar-refractivity contribution in [3.05, 3.63) is 0 Å². The quantitative estimate of drug-likeness (QED) is 0.859. The number of carbonyl (C=O) groups is 2. The van der Waals surface area contributed by atoms with E-state index < -0.39 is 0 Å². The number of rotatable bonds is 3. The van der Waals surface area contributed by atoms with Gasteiger partial charge in [-0.15, -0.1) is 0 Å². The summed E-state index contributed by atoms with van der Waals surface area (Å²) in [5.74, 6) is 1.49. The summed E-state index contributed by atoms with van der Waals surface area (Å²) in [6, 6.07) is 0.146. The molecule has 4 nitrogen and oxygen atoms in total. The summed E-state index contributed by atoms with van der Waals surface area (Å²) in [4.78, 5) is 26.6. The zero-order valence-corrected chi connectivity index (χ0v) is 12.4. The van der Waals surface area contributed by atoms with Crippen molar-refractivity contribution in [2.24, 2.45) is 11.8 Å². The maximum absolute atomic E-state index is 12.7. The Hall–Kier alpha value is -1.06. The molecule has 3 aliphatic rings. The Morgan fingerprint density at radius 3 is 2.40 bits per heavy atom. The first-order chi connectivity index (χ1) is 9.69. The molecule has 0 aromatic heterocycles. The van der Waals surface area contributed by atoms with Gasteiger partial charge in [0.2, 0.25) is 11.8 Å². The summed E-state index contributed by atoms with van der Waals surface area (Å²) in [6.45, 7) is 2.88. The number of hydrogen-bond acceptors (Lipinski definition) is 2. The van der Waals surface area contributed by atoms with Crippen molar-refractivity contribution in [2.75, 3.05) is 6.54 Å². The monoisotopic (exact) mass is 278 g/mol. The van der Waals surface area contributed by atoms with E-state index in [1.807, 2.05) is 4.90 Å². The smallest absolute Gasteiger partial charge is 0.245 e. The molecule has 1 N–H and O–H groups in total. The molecule has 20 heavy (non-hydrogen) atoms. The fourth-order valence-electron chi connectivity index (χ4n) is 3.79. The van der Waals surface area contributed by atoms with Crippen molar-refractivity contribution in [3.63, 3.8) is 0 Å². The molecule has 1 heterocycles. The number of nitrogens with one attached hydrogen (secondary N) is 1. The number of nitrogens with zero attached hydrogens (tertiary/aromatic N) is 1. The van der Waals surface area contributed by atoms with Crippen LogP contribution >= 0.6 is 0 Å². The molecule has 1 saturated heterocycles. The Balaban J connectivity index is 1.67. The molecule has 2 saturated carbocycles. The zero-order valence-electron chi connectivity index (χ0n) is 12.4. The molecule has 0 bridgehead atoms. The lowest BCUT2D eigenvalue weighted by Gasteiger charge is -2.37. The van der Waals surface area contributed by atoms with E-state index in [4.69, 9.17) is 0 Å². The Morgan fingerprint density at radius 1 is 1.10 bits per heavy atom. The van der Waals surface area contributed by atoms with E-state index in [9.17, 15) is 9.59 Å². The third-order valence-electron chi connectivity index (χ3n) is 5.37. The molecular weight excluding hydrogens is 252 g/mol. The SMILES string of the molecule is CCC1CCC(N2CCC(=O)NC(C3CC3)C2=O)CC1. The second kappa shape index (κ2) is 5.74. The molecule has 3 fully saturated rings. The lowest BCUT2D eigenvalue weighted by atomic mass is 9.83. The first-order valence-electron chi connectivity index (χ1n) is 8.29. The lowest BCUT2D eigenvalue weighted by Crippen LogP contribution is -2.50. The highest BCUT2D eigenvalue weighted by Gasteiger charge is 2.42. The van der Waals surface area contributed by atoms with Gasteiger partial charge in [0.25, 0.3) is 0 Å². The Kier molecular flexibility index (Phi) is 3.99. The van der Waals surface area contributed by atoms with Gasteiger partial charge in [0.05, 0.1) is 0 Å². The van der Waals surface area contributed by atoms with Crippen LogP contribution in [-0.2, 0) is 9.59 Å². The molecule has 1 atom stereocenters. The molecule has 4 heteroatoms. The van der Waals surface area contributed by atoms with Crippen LogP contribution in [-0.4, -0.2) is 35.3 Å². The molecule has 1 unspecified atom stereocenters. The second-order valence-electron chi connectivity index (χ2n) is 6.75. The maximum Gasteiger partial charge on any atom is 0.245 e. The molecular formula is C16H26N2O2. The Morgan fingerprint density at radius 2 is 1.80 bits per heavy atom. The average Bonchev–Trinajstić information content (AvgIpc) is 3.29. The number of amides is 2. The minimum atomic E-state index is -0.228. The van der Waals surface area contributed by atoms with Gasteiger partial charge in [-0.25, -0.2) is 0 Å². The molecule has 0 radical (unpaired) electrons. The van der Waals surface area contributed by atoms with Crippen molar-refractivity contribution in [3.8, 4) is 0 Å². The van der Waals surface area contributed by atoms with Crippen LogP contribution in [0.15, 0.2) is 0 Å². The normalized spacial score (nSPS) is 35.6. The fraction of sp³-hybridized carbons (Fsp3) is 0.875. The molecule has 0 aromatic carbocycles. The van der Waals surface area contributed by atoms with Crippen LogP contribution in [0.5, 0.6) is 0 Å². The first-order valence-corrected chi connectivity index (χ1v) is 8.29. The Bertz CT molecular complexity index is 384. The van der Waals surface area contributed by atoms with Gasteiger partial charge < -0.3 is 10.2 Å².